The lowest BCUT2D eigenvalue weighted by molar-refractivity contribution is -0.123. The fraction of sp³-hybridized carbons (Fsp3) is 0.500. The monoisotopic (exact) mass is 425 g/mol. The van der Waals surface area contributed by atoms with E-state index in [-0.39, 0.29) is 17.5 Å². The molecule has 0 saturated carbocycles. The summed E-state index contributed by atoms with van der Waals surface area (Å²) < 4.78 is 5.88. The maximum atomic E-state index is 12.6. The van der Waals surface area contributed by atoms with Crippen LogP contribution in [0, 0.1) is 5.92 Å². The third kappa shape index (κ3) is 9.99. The van der Waals surface area contributed by atoms with Gasteiger partial charge in [0.1, 0.15) is 12.4 Å². The van der Waals surface area contributed by atoms with Crippen LogP contribution >= 0.6 is 0 Å². The van der Waals surface area contributed by atoms with E-state index < -0.39 is 6.04 Å². The molecule has 2 aromatic rings. The van der Waals surface area contributed by atoms with Crippen LogP contribution in [0.15, 0.2) is 54.6 Å². The van der Waals surface area contributed by atoms with Crippen LogP contribution in [-0.2, 0) is 17.8 Å². The van der Waals surface area contributed by atoms with Crippen molar-refractivity contribution in [1.82, 2.24) is 10.6 Å². The Labute approximate surface area is 187 Å². The number of ether oxygens (including phenoxy) is 1. The minimum Gasteiger partial charge on any atom is -0.489 e. The van der Waals surface area contributed by atoms with Crippen molar-refractivity contribution in [2.45, 2.75) is 71.7 Å². The number of carbonyl (C=O) groups excluding carboxylic acids is 1. The van der Waals surface area contributed by atoms with Gasteiger partial charge in [0.05, 0.1) is 6.04 Å². The van der Waals surface area contributed by atoms with Gasteiger partial charge < -0.3 is 21.1 Å². The van der Waals surface area contributed by atoms with E-state index in [4.69, 9.17) is 10.5 Å². The van der Waals surface area contributed by atoms with Crippen molar-refractivity contribution >= 4 is 5.91 Å². The topological polar surface area (TPSA) is 76.4 Å². The molecule has 0 bridgehead atoms. The van der Waals surface area contributed by atoms with Crippen molar-refractivity contribution in [3.05, 3.63) is 65.7 Å². The largest absolute Gasteiger partial charge is 0.489 e. The second-order valence-corrected chi connectivity index (χ2v) is 9.69. The quantitative estimate of drug-likeness (QED) is 0.508. The summed E-state index contributed by atoms with van der Waals surface area (Å²) in [4.78, 5) is 12.6. The van der Waals surface area contributed by atoms with Crippen LogP contribution in [-0.4, -0.2) is 30.1 Å². The van der Waals surface area contributed by atoms with Gasteiger partial charge in [-0.05, 0) is 62.8 Å². The average molecular weight is 426 g/mol. The van der Waals surface area contributed by atoms with E-state index in [1.54, 1.807) is 0 Å². The maximum Gasteiger partial charge on any atom is 0.237 e. The first kappa shape index (κ1) is 24.9. The molecule has 0 spiro atoms. The van der Waals surface area contributed by atoms with Crippen molar-refractivity contribution in [3.8, 4) is 5.75 Å². The summed E-state index contributed by atoms with van der Waals surface area (Å²) >= 11 is 0. The molecular formula is C26H39N3O2. The number of benzene rings is 2. The molecular weight excluding hydrogens is 386 g/mol. The fourth-order valence-corrected chi connectivity index (χ4v) is 3.27. The van der Waals surface area contributed by atoms with Crippen LogP contribution in [0.3, 0.4) is 0 Å². The molecule has 0 radical (unpaired) electrons. The number of carbonyl (C=O) groups is 1. The molecule has 2 rings (SSSR count). The Bertz CT molecular complexity index is 783. The summed E-state index contributed by atoms with van der Waals surface area (Å²) in [5.41, 5.74) is 8.35. The summed E-state index contributed by atoms with van der Waals surface area (Å²) in [5.74, 6) is 1.13. The highest BCUT2D eigenvalue weighted by Crippen LogP contribution is 2.16. The van der Waals surface area contributed by atoms with Crippen LogP contribution in [0.5, 0.6) is 5.75 Å². The summed E-state index contributed by atoms with van der Waals surface area (Å²) in [7, 11) is 0. The summed E-state index contributed by atoms with van der Waals surface area (Å²) in [6, 6.07) is 17.7. The molecule has 0 aliphatic heterocycles. The van der Waals surface area contributed by atoms with Gasteiger partial charge in [-0.2, -0.15) is 0 Å². The Morgan fingerprint density at radius 3 is 2.23 bits per heavy atom. The predicted molar refractivity (Wildman–Crippen MR) is 128 cm³/mol. The molecule has 170 valence electrons. The molecule has 4 N–H and O–H groups in total. The van der Waals surface area contributed by atoms with Crippen LogP contribution in [0.4, 0.5) is 0 Å². The highest BCUT2D eigenvalue weighted by Gasteiger charge is 2.21. The van der Waals surface area contributed by atoms with E-state index in [1.807, 2.05) is 42.5 Å². The van der Waals surface area contributed by atoms with Gasteiger partial charge in [-0.1, -0.05) is 56.3 Å². The van der Waals surface area contributed by atoms with Crippen LogP contribution in [0.1, 0.15) is 52.2 Å². The first-order valence-electron chi connectivity index (χ1n) is 11.2. The van der Waals surface area contributed by atoms with Gasteiger partial charge in [-0.15, -0.1) is 0 Å². The standard InChI is InChI=1S/C26H39N3O2/c1-19(2)15-24(27)25(30)29-22(17-28-26(3,4)5)16-20-11-13-23(14-12-20)31-18-21-9-7-6-8-10-21/h6-14,19,22,24,28H,15-18,27H2,1-5H3,(H,29,30). The van der Waals surface area contributed by atoms with E-state index in [2.05, 4.69) is 57.4 Å². The molecule has 5 nitrogen and oxygen atoms in total. The summed E-state index contributed by atoms with van der Waals surface area (Å²) in [5, 5.41) is 6.64. The maximum absolute atomic E-state index is 12.6. The SMILES string of the molecule is CC(C)CC(N)C(=O)NC(CNC(C)(C)C)Cc1ccc(OCc2ccccc2)cc1. The minimum atomic E-state index is -0.481. The highest BCUT2D eigenvalue weighted by atomic mass is 16.5. The highest BCUT2D eigenvalue weighted by molar-refractivity contribution is 5.81. The Balaban J connectivity index is 1.97. The third-order valence-corrected chi connectivity index (χ3v) is 4.94. The first-order valence-corrected chi connectivity index (χ1v) is 11.2. The van der Waals surface area contributed by atoms with Gasteiger partial charge in [0.25, 0.3) is 0 Å². The zero-order valence-electron chi connectivity index (χ0n) is 19.7. The number of hydrogen-bond acceptors (Lipinski definition) is 4. The van der Waals surface area contributed by atoms with Gasteiger partial charge in [-0.25, -0.2) is 0 Å². The van der Waals surface area contributed by atoms with Crippen molar-refractivity contribution in [2.24, 2.45) is 11.7 Å². The van der Waals surface area contributed by atoms with E-state index in [0.29, 0.717) is 25.5 Å². The number of hydrogen-bond donors (Lipinski definition) is 3. The molecule has 2 aromatic carbocycles. The van der Waals surface area contributed by atoms with Crippen LogP contribution in [0.25, 0.3) is 0 Å². The molecule has 0 aliphatic carbocycles. The molecule has 5 heteroatoms. The van der Waals surface area contributed by atoms with E-state index in [9.17, 15) is 4.79 Å². The lowest BCUT2D eigenvalue weighted by atomic mass is 10.0. The molecule has 0 saturated heterocycles. The first-order chi connectivity index (χ1) is 14.6. The van der Waals surface area contributed by atoms with Gasteiger partial charge in [0, 0.05) is 18.1 Å². The second-order valence-electron chi connectivity index (χ2n) is 9.69. The Kier molecular flexibility index (Phi) is 9.53. The molecule has 0 heterocycles. The van der Waals surface area contributed by atoms with Crippen molar-refractivity contribution < 1.29 is 9.53 Å². The van der Waals surface area contributed by atoms with Gasteiger partial charge >= 0.3 is 0 Å². The number of rotatable bonds is 11. The lowest BCUT2D eigenvalue weighted by Gasteiger charge is -2.27. The molecule has 1 amide bonds. The molecule has 0 aliphatic rings. The zero-order chi connectivity index (χ0) is 22.9. The second kappa shape index (κ2) is 11.9. The minimum absolute atomic E-state index is 0.0296. The predicted octanol–water partition coefficient (Wildman–Crippen LogP) is 4.05. The normalized spacial score (nSPS) is 13.6. The average Bonchev–Trinajstić information content (AvgIpc) is 2.71. The molecule has 2 unspecified atom stereocenters. The Morgan fingerprint density at radius 1 is 1.00 bits per heavy atom. The number of nitrogens with two attached hydrogens (primary N) is 1. The van der Waals surface area contributed by atoms with Crippen LogP contribution < -0.4 is 21.1 Å². The summed E-state index contributed by atoms with van der Waals surface area (Å²) in [6.45, 7) is 11.7. The molecule has 31 heavy (non-hydrogen) atoms. The van der Waals surface area contributed by atoms with E-state index >= 15 is 0 Å². The van der Waals surface area contributed by atoms with Crippen molar-refractivity contribution in [3.63, 3.8) is 0 Å². The van der Waals surface area contributed by atoms with Crippen LogP contribution in [0.2, 0.25) is 0 Å². The van der Waals surface area contributed by atoms with E-state index in [1.165, 1.54) is 0 Å². The zero-order valence-corrected chi connectivity index (χ0v) is 19.7. The summed E-state index contributed by atoms with van der Waals surface area (Å²) in [6.07, 6.45) is 1.40. The van der Waals surface area contributed by atoms with Gasteiger partial charge in [0.15, 0.2) is 0 Å². The smallest absolute Gasteiger partial charge is 0.237 e. The number of amides is 1. The lowest BCUT2D eigenvalue weighted by Crippen LogP contribution is -2.52. The van der Waals surface area contributed by atoms with Gasteiger partial charge in [-0.3, -0.25) is 4.79 Å². The Morgan fingerprint density at radius 2 is 1.65 bits per heavy atom. The Hall–Kier alpha value is -2.37. The molecule has 0 aromatic heterocycles. The van der Waals surface area contributed by atoms with Crippen molar-refractivity contribution in [2.75, 3.05) is 6.54 Å². The molecule has 2 atom stereocenters. The molecule has 0 fully saturated rings. The fourth-order valence-electron chi connectivity index (χ4n) is 3.27. The van der Waals surface area contributed by atoms with Crippen molar-refractivity contribution in [1.29, 1.82) is 0 Å². The van der Waals surface area contributed by atoms with Gasteiger partial charge in [0.2, 0.25) is 5.91 Å². The van der Waals surface area contributed by atoms with E-state index in [0.717, 1.165) is 23.3 Å². The number of nitrogens with one attached hydrogen (secondary N) is 2. The third-order valence-electron chi connectivity index (χ3n) is 4.94.